The standard InChI is InChI=1S/C15H12FNO4/c16-11-7-5-10(6-8-11)9-21-15(20)17-13-4-2-1-3-12(13)14(18)19/h1-8H,9H2,(H,17,20)(H,18,19). The minimum absolute atomic E-state index is 0.0313. The zero-order valence-corrected chi connectivity index (χ0v) is 10.9. The quantitative estimate of drug-likeness (QED) is 0.905. The molecule has 6 heteroatoms. The van der Waals surface area contributed by atoms with Crippen LogP contribution in [0.25, 0.3) is 0 Å². The molecule has 2 aromatic carbocycles. The predicted molar refractivity (Wildman–Crippen MR) is 73.6 cm³/mol. The van der Waals surface area contributed by atoms with Crippen LogP contribution in [0.4, 0.5) is 14.9 Å². The number of amides is 1. The van der Waals surface area contributed by atoms with E-state index < -0.39 is 12.1 Å². The molecular weight excluding hydrogens is 277 g/mol. The van der Waals surface area contributed by atoms with Gasteiger partial charge >= 0.3 is 12.1 Å². The molecule has 1 amide bonds. The van der Waals surface area contributed by atoms with Gasteiger partial charge in [-0.25, -0.2) is 14.0 Å². The van der Waals surface area contributed by atoms with Crippen molar-refractivity contribution in [3.63, 3.8) is 0 Å². The Bertz CT molecular complexity index is 655. The molecule has 21 heavy (non-hydrogen) atoms. The molecule has 2 N–H and O–H groups in total. The normalized spacial score (nSPS) is 9.95. The molecule has 0 aliphatic heterocycles. The van der Waals surface area contributed by atoms with Crippen LogP contribution in [0.3, 0.4) is 0 Å². The number of benzene rings is 2. The summed E-state index contributed by atoms with van der Waals surface area (Å²) in [7, 11) is 0. The monoisotopic (exact) mass is 289 g/mol. The Kier molecular flexibility index (Phi) is 4.50. The smallest absolute Gasteiger partial charge is 0.411 e. The molecule has 0 aromatic heterocycles. The topological polar surface area (TPSA) is 75.6 Å². The summed E-state index contributed by atoms with van der Waals surface area (Å²) in [4.78, 5) is 22.6. The number of hydrogen-bond acceptors (Lipinski definition) is 3. The van der Waals surface area contributed by atoms with E-state index in [9.17, 15) is 14.0 Å². The molecule has 0 fully saturated rings. The van der Waals surface area contributed by atoms with E-state index >= 15 is 0 Å². The molecule has 0 heterocycles. The largest absolute Gasteiger partial charge is 0.478 e. The Morgan fingerprint density at radius 1 is 1.10 bits per heavy atom. The van der Waals surface area contributed by atoms with Gasteiger partial charge in [-0.2, -0.15) is 0 Å². The van der Waals surface area contributed by atoms with E-state index in [4.69, 9.17) is 9.84 Å². The van der Waals surface area contributed by atoms with Crippen LogP contribution in [-0.2, 0) is 11.3 Å². The predicted octanol–water partition coefficient (Wildman–Crippen LogP) is 3.27. The van der Waals surface area contributed by atoms with Crippen LogP contribution < -0.4 is 5.32 Å². The van der Waals surface area contributed by atoms with Gasteiger partial charge in [0.15, 0.2) is 0 Å². The Hall–Kier alpha value is -2.89. The minimum Gasteiger partial charge on any atom is -0.478 e. The van der Waals surface area contributed by atoms with Crippen LogP contribution in [0.15, 0.2) is 48.5 Å². The van der Waals surface area contributed by atoms with Crippen LogP contribution in [0.5, 0.6) is 0 Å². The maximum Gasteiger partial charge on any atom is 0.411 e. The fourth-order valence-electron chi connectivity index (χ4n) is 1.65. The number of hydrogen-bond donors (Lipinski definition) is 2. The summed E-state index contributed by atoms with van der Waals surface area (Å²) < 4.78 is 17.7. The number of anilines is 1. The number of halogens is 1. The van der Waals surface area contributed by atoms with E-state index in [1.165, 1.54) is 36.4 Å². The molecule has 2 aromatic rings. The molecule has 5 nitrogen and oxygen atoms in total. The van der Waals surface area contributed by atoms with Gasteiger partial charge in [-0.15, -0.1) is 0 Å². The minimum atomic E-state index is -1.15. The number of para-hydroxylation sites is 1. The summed E-state index contributed by atoms with van der Waals surface area (Å²) in [5.41, 5.74) is 0.739. The first-order valence-corrected chi connectivity index (χ1v) is 6.07. The lowest BCUT2D eigenvalue weighted by molar-refractivity contribution is 0.0698. The van der Waals surface area contributed by atoms with E-state index in [-0.39, 0.29) is 23.7 Å². The Balaban J connectivity index is 1.96. The van der Waals surface area contributed by atoms with Crippen LogP contribution in [0.2, 0.25) is 0 Å². The van der Waals surface area contributed by atoms with Gasteiger partial charge in [-0.1, -0.05) is 24.3 Å². The molecule has 0 unspecified atom stereocenters. The summed E-state index contributed by atoms with van der Waals surface area (Å²) in [6, 6.07) is 11.5. The van der Waals surface area contributed by atoms with Crippen molar-refractivity contribution in [2.75, 3.05) is 5.32 Å². The highest BCUT2D eigenvalue weighted by Gasteiger charge is 2.12. The molecule has 108 valence electrons. The first kappa shape index (κ1) is 14.5. The van der Waals surface area contributed by atoms with Crippen LogP contribution in [0, 0.1) is 5.82 Å². The lowest BCUT2D eigenvalue weighted by atomic mass is 10.2. The van der Waals surface area contributed by atoms with Gasteiger partial charge in [-0.05, 0) is 29.8 Å². The average Bonchev–Trinajstić information content (AvgIpc) is 2.47. The van der Waals surface area contributed by atoms with Gasteiger partial charge in [0.2, 0.25) is 0 Å². The highest BCUT2D eigenvalue weighted by molar-refractivity contribution is 5.98. The number of carboxylic acids is 1. The van der Waals surface area contributed by atoms with Crippen molar-refractivity contribution < 1.29 is 23.8 Å². The maximum absolute atomic E-state index is 12.7. The summed E-state index contributed by atoms with van der Waals surface area (Å²) in [6.07, 6.45) is -0.784. The van der Waals surface area contributed by atoms with Gasteiger partial charge in [0.25, 0.3) is 0 Å². The van der Waals surface area contributed by atoms with Gasteiger partial charge in [0.1, 0.15) is 12.4 Å². The van der Waals surface area contributed by atoms with Crippen molar-refractivity contribution in [3.05, 3.63) is 65.5 Å². The number of ether oxygens (including phenoxy) is 1. The molecule has 0 saturated carbocycles. The molecule has 0 bridgehead atoms. The van der Waals surface area contributed by atoms with E-state index in [0.29, 0.717) is 5.56 Å². The fraction of sp³-hybridized carbons (Fsp3) is 0.0667. The van der Waals surface area contributed by atoms with Gasteiger partial charge in [0.05, 0.1) is 11.3 Å². The van der Waals surface area contributed by atoms with E-state index in [2.05, 4.69) is 5.32 Å². The zero-order chi connectivity index (χ0) is 15.2. The summed E-state index contributed by atoms with van der Waals surface area (Å²) in [5, 5.41) is 11.3. The van der Waals surface area contributed by atoms with Crippen molar-refractivity contribution in [2.45, 2.75) is 6.61 Å². The number of rotatable bonds is 4. The number of carbonyl (C=O) groups excluding carboxylic acids is 1. The van der Waals surface area contributed by atoms with Crippen LogP contribution >= 0.6 is 0 Å². The van der Waals surface area contributed by atoms with E-state index in [1.54, 1.807) is 12.1 Å². The Labute approximate surface area is 120 Å². The summed E-state index contributed by atoms with van der Waals surface area (Å²) in [5.74, 6) is -1.52. The van der Waals surface area contributed by atoms with Gasteiger partial charge < -0.3 is 9.84 Å². The van der Waals surface area contributed by atoms with Crippen LogP contribution in [-0.4, -0.2) is 17.2 Å². The van der Waals surface area contributed by atoms with E-state index in [1.807, 2.05) is 0 Å². The number of aromatic carboxylic acids is 1. The van der Waals surface area contributed by atoms with Gasteiger partial charge in [0, 0.05) is 0 Å². The average molecular weight is 289 g/mol. The van der Waals surface area contributed by atoms with Crippen molar-refractivity contribution >= 4 is 17.7 Å². The molecular formula is C15H12FNO4. The Morgan fingerprint density at radius 3 is 2.43 bits per heavy atom. The fourth-order valence-corrected chi connectivity index (χ4v) is 1.65. The second-order valence-electron chi connectivity index (χ2n) is 4.18. The number of nitrogens with one attached hydrogen (secondary N) is 1. The number of carboxylic acid groups (broad SMARTS) is 1. The van der Waals surface area contributed by atoms with Crippen LogP contribution in [0.1, 0.15) is 15.9 Å². The molecule has 2 rings (SSSR count). The third-order valence-corrected chi connectivity index (χ3v) is 2.68. The highest BCUT2D eigenvalue weighted by Crippen LogP contribution is 2.15. The lowest BCUT2D eigenvalue weighted by Gasteiger charge is -2.09. The molecule has 0 atom stereocenters. The SMILES string of the molecule is O=C(Nc1ccccc1C(=O)O)OCc1ccc(F)cc1. The lowest BCUT2D eigenvalue weighted by Crippen LogP contribution is -2.16. The third-order valence-electron chi connectivity index (χ3n) is 2.68. The van der Waals surface area contributed by atoms with Crippen molar-refractivity contribution in [3.8, 4) is 0 Å². The summed E-state index contributed by atoms with van der Waals surface area (Å²) >= 11 is 0. The third kappa shape index (κ3) is 4.04. The maximum atomic E-state index is 12.7. The zero-order valence-electron chi connectivity index (χ0n) is 10.9. The van der Waals surface area contributed by atoms with Gasteiger partial charge in [-0.3, -0.25) is 5.32 Å². The first-order chi connectivity index (χ1) is 10.1. The van der Waals surface area contributed by atoms with Crippen molar-refractivity contribution in [1.29, 1.82) is 0 Å². The highest BCUT2D eigenvalue weighted by atomic mass is 19.1. The summed E-state index contributed by atoms with van der Waals surface area (Å²) in [6.45, 7) is -0.0403. The second-order valence-corrected chi connectivity index (χ2v) is 4.18. The Morgan fingerprint density at radius 2 is 1.76 bits per heavy atom. The number of carbonyl (C=O) groups is 2. The second kappa shape index (κ2) is 6.51. The molecule has 0 aliphatic rings. The van der Waals surface area contributed by atoms with E-state index in [0.717, 1.165) is 0 Å². The van der Waals surface area contributed by atoms with Crippen molar-refractivity contribution in [1.82, 2.24) is 0 Å². The molecule has 0 spiro atoms. The van der Waals surface area contributed by atoms with Crippen molar-refractivity contribution in [2.24, 2.45) is 0 Å². The molecule has 0 radical (unpaired) electrons. The first-order valence-electron chi connectivity index (χ1n) is 6.07. The molecule has 0 saturated heterocycles. The molecule has 0 aliphatic carbocycles.